The summed E-state index contributed by atoms with van der Waals surface area (Å²) in [5.41, 5.74) is 9.42. The van der Waals surface area contributed by atoms with Crippen LogP contribution in [0.1, 0.15) is 13.3 Å². The van der Waals surface area contributed by atoms with Crippen LogP contribution in [0.3, 0.4) is 0 Å². The van der Waals surface area contributed by atoms with E-state index in [0.29, 0.717) is 0 Å². The second-order valence-electron chi connectivity index (χ2n) is 3.38. The number of hydrogen-bond donors (Lipinski definition) is 1. The largest absolute Gasteiger partial charge is 0.472 e. The zero-order valence-electron chi connectivity index (χ0n) is 7.66. The number of allylic oxidation sites excluding steroid dienone is 5. The summed E-state index contributed by atoms with van der Waals surface area (Å²) in [6.07, 6.45) is 10.7. The molecule has 2 rings (SSSR count). The predicted octanol–water partition coefficient (Wildman–Crippen LogP) is 2.02. The van der Waals surface area contributed by atoms with Crippen LogP contribution >= 0.6 is 0 Å². The van der Waals surface area contributed by atoms with E-state index in [4.69, 9.17) is 10.5 Å². The Morgan fingerprint density at radius 1 is 1.46 bits per heavy atom. The van der Waals surface area contributed by atoms with Crippen molar-refractivity contribution >= 4 is 0 Å². The van der Waals surface area contributed by atoms with Crippen LogP contribution in [-0.2, 0) is 4.74 Å². The molecule has 2 aliphatic rings. The summed E-state index contributed by atoms with van der Waals surface area (Å²) in [7, 11) is 0. The van der Waals surface area contributed by atoms with Crippen LogP contribution in [-0.4, -0.2) is 6.04 Å². The lowest BCUT2D eigenvalue weighted by atomic mass is 9.92. The molecule has 0 bridgehead atoms. The molecule has 68 valence electrons. The molecule has 1 aliphatic carbocycles. The summed E-state index contributed by atoms with van der Waals surface area (Å²) in [6, 6.07) is 0.129. The first-order valence-corrected chi connectivity index (χ1v) is 4.46. The fourth-order valence-corrected chi connectivity index (χ4v) is 1.50. The van der Waals surface area contributed by atoms with E-state index in [1.54, 1.807) is 12.5 Å². The zero-order chi connectivity index (χ0) is 9.26. The van der Waals surface area contributed by atoms with Crippen molar-refractivity contribution in [1.29, 1.82) is 0 Å². The van der Waals surface area contributed by atoms with E-state index in [-0.39, 0.29) is 6.04 Å². The van der Waals surface area contributed by atoms with Crippen molar-refractivity contribution in [3.63, 3.8) is 0 Å². The van der Waals surface area contributed by atoms with Gasteiger partial charge in [-0.2, -0.15) is 0 Å². The highest BCUT2D eigenvalue weighted by atomic mass is 16.5. The quantitative estimate of drug-likeness (QED) is 0.661. The van der Waals surface area contributed by atoms with Crippen molar-refractivity contribution in [2.75, 3.05) is 0 Å². The van der Waals surface area contributed by atoms with Gasteiger partial charge in [0.15, 0.2) is 0 Å². The Morgan fingerprint density at radius 2 is 2.31 bits per heavy atom. The molecule has 13 heavy (non-hydrogen) atoms. The van der Waals surface area contributed by atoms with Gasteiger partial charge in [-0.3, -0.25) is 0 Å². The minimum Gasteiger partial charge on any atom is -0.472 e. The van der Waals surface area contributed by atoms with E-state index in [1.165, 1.54) is 11.1 Å². The zero-order valence-corrected chi connectivity index (χ0v) is 7.66. The van der Waals surface area contributed by atoms with Crippen molar-refractivity contribution in [3.8, 4) is 0 Å². The normalized spacial score (nSPS) is 22.2. The molecule has 0 aromatic heterocycles. The van der Waals surface area contributed by atoms with E-state index < -0.39 is 0 Å². The molecule has 1 heterocycles. The standard InChI is InChI=1S/C11H13NO/c1-8(12)10-3-2-9-4-5-13-7-11(9)6-10/h2,4-8H,3,12H2,1H3/t8-/m1/s1. The maximum Gasteiger partial charge on any atom is 0.0979 e. The lowest BCUT2D eigenvalue weighted by Crippen LogP contribution is -2.19. The number of hydrogen-bond acceptors (Lipinski definition) is 2. The summed E-state index contributed by atoms with van der Waals surface area (Å²) in [5, 5.41) is 0. The molecule has 0 amide bonds. The monoisotopic (exact) mass is 175 g/mol. The third-order valence-electron chi connectivity index (χ3n) is 2.34. The van der Waals surface area contributed by atoms with Gasteiger partial charge in [0.2, 0.25) is 0 Å². The molecular weight excluding hydrogens is 162 g/mol. The topological polar surface area (TPSA) is 35.2 Å². The molecule has 0 aromatic rings. The Bertz CT molecular complexity index is 332. The smallest absolute Gasteiger partial charge is 0.0979 e. The second-order valence-corrected chi connectivity index (χ2v) is 3.38. The number of rotatable bonds is 1. The SMILES string of the molecule is C[C@@H](N)C1=CC2=COC=CC2=CC1. The van der Waals surface area contributed by atoms with Crippen molar-refractivity contribution in [2.24, 2.45) is 5.73 Å². The summed E-state index contributed by atoms with van der Waals surface area (Å²) in [5.74, 6) is 0. The highest BCUT2D eigenvalue weighted by Gasteiger charge is 2.13. The maximum atomic E-state index is 5.81. The molecule has 1 aliphatic heterocycles. The molecule has 0 saturated heterocycles. The molecule has 2 nitrogen and oxygen atoms in total. The molecule has 0 aromatic carbocycles. The first-order chi connectivity index (χ1) is 6.27. The highest BCUT2D eigenvalue weighted by Crippen LogP contribution is 2.27. The summed E-state index contributed by atoms with van der Waals surface area (Å²) < 4.78 is 5.10. The molecular formula is C11H13NO. The Labute approximate surface area is 78.1 Å². The molecule has 1 atom stereocenters. The van der Waals surface area contributed by atoms with Crippen molar-refractivity contribution in [2.45, 2.75) is 19.4 Å². The van der Waals surface area contributed by atoms with Gasteiger partial charge in [0.1, 0.15) is 0 Å². The Kier molecular flexibility index (Phi) is 2.07. The molecule has 2 N–H and O–H groups in total. The minimum absolute atomic E-state index is 0.129. The van der Waals surface area contributed by atoms with Gasteiger partial charge in [-0.05, 0) is 30.6 Å². The van der Waals surface area contributed by atoms with Gasteiger partial charge >= 0.3 is 0 Å². The van der Waals surface area contributed by atoms with E-state index in [2.05, 4.69) is 12.2 Å². The summed E-state index contributed by atoms with van der Waals surface area (Å²) >= 11 is 0. The fraction of sp³-hybridized carbons (Fsp3) is 0.273. The average Bonchev–Trinajstić information content (AvgIpc) is 2.17. The third-order valence-corrected chi connectivity index (χ3v) is 2.34. The predicted molar refractivity (Wildman–Crippen MR) is 52.7 cm³/mol. The maximum absolute atomic E-state index is 5.81. The molecule has 0 fully saturated rings. The third kappa shape index (κ3) is 1.58. The molecule has 0 spiro atoms. The lowest BCUT2D eigenvalue weighted by molar-refractivity contribution is 0.395. The summed E-state index contributed by atoms with van der Waals surface area (Å²) in [6.45, 7) is 2.00. The van der Waals surface area contributed by atoms with Crippen LogP contribution in [0.25, 0.3) is 0 Å². The van der Waals surface area contributed by atoms with Crippen molar-refractivity contribution < 1.29 is 4.74 Å². The van der Waals surface area contributed by atoms with E-state index >= 15 is 0 Å². The van der Waals surface area contributed by atoms with Crippen LogP contribution in [0, 0.1) is 0 Å². The lowest BCUT2D eigenvalue weighted by Gasteiger charge is -2.18. The van der Waals surface area contributed by atoms with E-state index in [9.17, 15) is 0 Å². The first-order valence-electron chi connectivity index (χ1n) is 4.46. The van der Waals surface area contributed by atoms with E-state index in [0.717, 1.165) is 12.0 Å². The van der Waals surface area contributed by atoms with Gasteiger partial charge in [-0.1, -0.05) is 12.2 Å². The van der Waals surface area contributed by atoms with Gasteiger partial charge in [0, 0.05) is 11.6 Å². The summed E-state index contributed by atoms with van der Waals surface area (Å²) in [4.78, 5) is 0. The Morgan fingerprint density at radius 3 is 3.08 bits per heavy atom. The van der Waals surface area contributed by atoms with Gasteiger partial charge in [-0.25, -0.2) is 0 Å². The van der Waals surface area contributed by atoms with Crippen LogP contribution < -0.4 is 5.73 Å². The molecule has 0 radical (unpaired) electrons. The molecule has 0 unspecified atom stereocenters. The van der Waals surface area contributed by atoms with Crippen LogP contribution in [0.15, 0.2) is 47.5 Å². The molecule has 2 heteroatoms. The Hall–Kier alpha value is -1.28. The van der Waals surface area contributed by atoms with Crippen molar-refractivity contribution in [1.82, 2.24) is 0 Å². The second kappa shape index (κ2) is 3.23. The average molecular weight is 175 g/mol. The van der Waals surface area contributed by atoms with Crippen LogP contribution in [0.4, 0.5) is 0 Å². The number of fused-ring (bicyclic) bond motifs is 1. The van der Waals surface area contributed by atoms with Gasteiger partial charge < -0.3 is 10.5 Å². The highest BCUT2D eigenvalue weighted by molar-refractivity contribution is 5.52. The number of nitrogens with two attached hydrogens (primary N) is 1. The number of ether oxygens (including phenoxy) is 1. The van der Waals surface area contributed by atoms with Crippen LogP contribution in [0.2, 0.25) is 0 Å². The van der Waals surface area contributed by atoms with Crippen LogP contribution in [0.5, 0.6) is 0 Å². The first kappa shape index (κ1) is 8.32. The molecule has 0 saturated carbocycles. The van der Waals surface area contributed by atoms with E-state index in [1.807, 2.05) is 13.0 Å². The fourth-order valence-electron chi connectivity index (χ4n) is 1.50. The minimum atomic E-state index is 0.129. The van der Waals surface area contributed by atoms with Gasteiger partial charge in [-0.15, -0.1) is 0 Å². The van der Waals surface area contributed by atoms with Gasteiger partial charge in [0.05, 0.1) is 12.5 Å². The van der Waals surface area contributed by atoms with Gasteiger partial charge in [0.25, 0.3) is 0 Å². The van der Waals surface area contributed by atoms with Crippen molar-refractivity contribution in [3.05, 3.63) is 47.5 Å². The Balaban J connectivity index is 2.27.